The maximum atomic E-state index is 12.4. The summed E-state index contributed by atoms with van der Waals surface area (Å²) in [6.07, 6.45) is 14.2. The Morgan fingerprint density at radius 3 is 2.22 bits per heavy atom. The van der Waals surface area contributed by atoms with Gasteiger partial charge < -0.3 is 30.2 Å². The molecule has 0 atom stereocenters. The number of thiol groups is 1. The third-order valence-electron chi connectivity index (χ3n) is 6.30. The van der Waals surface area contributed by atoms with Crippen LogP contribution in [0.3, 0.4) is 0 Å². The number of nitrogen functional groups attached to an aromatic ring is 1. The van der Waals surface area contributed by atoms with Crippen molar-refractivity contribution in [2.75, 3.05) is 43.5 Å². The maximum Gasteiger partial charge on any atom is 0.255 e. The summed E-state index contributed by atoms with van der Waals surface area (Å²) in [5, 5.41) is 15.7. The average Bonchev–Trinajstić information content (AvgIpc) is 3.40. The zero-order valence-corrected chi connectivity index (χ0v) is 25.8. The Kier molecular flexibility index (Phi) is 14.0. The topological polar surface area (TPSA) is 104 Å². The number of phenolic OH excluding ortho intramolecular Hbond substituents is 1. The Morgan fingerprint density at radius 2 is 1.73 bits per heavy atom. The fourth-order valence-electron chi connectivity index (χ4n) is 3.98. The van der Waals surface area contributed by atoms with Crippen LogP contribution >= 0.6 is 24.6 Å². The summed E-state index contributed by atoms with van der Waals surface area (Å²) < 4.78 is 8.14. The van der Waals surface area contributed by atoms with E-state index in [9.17, 15) is 4.79 Å². The molecule has 41 heavy (non-hydrogen) atoms. The SMILES string of the molecule is C#C.C1CCNCC1.CNC(=O)c1c(-c2ccc(C)cc2)oc2cc(N(C)SC)ccc12.Nc1ccc(O)cc1S. The number of carbonyl (C=O) groups excluding carboxylic acids is 1. The van der Waals surface area contributed by atoms with Crippen LogP contribution in [0.15, 0.2) is 70.0 Å². The molecule has 9 heteroatoms. The van der Waals surface area contributed by atoms with Gasteiger partial charge in [-0.15, -0.1) is 25.5 Å². The van der Waals surface area contributed by atoms with Crippen molar-refractivity contribution in [3.8, 4) is 29.9 Å². The fourth-order valence-corrected chi connectivity index (χ4v) is 4.51. The monoisotopic (exact) mass is 592 g/mol. The van der Waals surface area contributed by atoms with E-state index in [1.54, 1.807) is 25.1 Å². The number of hydrogen-bond donors (Lipinski definition) is 5. The second kappa shape index (κ2) is 17.2. The first-order chi connectivity index (χ1) is 19.7. The van der Waals surface area contributed by atoms with Crippen molar-refractivity contribution in [2.24, 2.45) is 0 Å². The quantitative estimate of drug-likeness (QED) is 0.0587. The van der Waals surface area contributed by atoms with Crippen LogP contribution in [0.2, 0.25) is 0 Å². The van der Waals surface area contributed by atoms with E-state index < -0.39 is 0 Å². The fraction of sp³-hybridized carbons (Fsp3) is 0.281. The Bertz CT molecular complexity index is 1400. The third kappa shape index (κ3) is 9.71. The Morgan fingerprint density at radius 1 is 1.07 bits per heavy atom. The number of rotatable bonds is 4. The standard InChI is InChI=1S/C19H20N2O2S.C6H7NOS.C5H11N.C2H2/c1-12-5-7-13(8-6-12)18-17(19(22)20-2)15-10-9-14(21(3)24-4)11-16(15)23-18;7-5-2-1-4(8)3-6(5)9;1-2-4-6-5-3-1;1-2/h5-11H,1-4H3,(H,20,22);1-3,8-9H,7H2;6H,1-5H2;1-2H. The van der Waals surface area contributed by atoms with E-state index >= 15 is 0 Å². The lowest BCUT2D eigenvalue weighted by molar-refractivity contribution is 0.0964. The number of aromatic hydroxyl groups is 1. The Labute approximate surface area is 253 Å². The molecule has 0 saturated carbocycles. The summed E-state index contributed by atoms with van der Waals surface area (Å²) in [6.45, 7) is 4.53. The van der Waals surface area contributed by atoms with Gasteiger partial charge in [0.1, 0.15) is 17.1 Å². The summed E-state index contributed by atoms with van der Waals surface area (Å²) >= 11 is 5.60. The van der Waals surface area contributed by atoms with Crippen LogP contribution in [0.4, 0.5) is 11.4 Å². The third-order valence-corrected chi connectivity index (χ3v) is 7.45. The van der Waals surface area contributed by atoms with Crippen molar-refractivity contribution in [3.05, 3.63) is 71.8 Å². The molecule has 2 heterocycles. The number of carbonyl (C=O) groups is 1. The number of piperidine rings is 1. The van der Waals surface area contributed by atoms with Gasteiger partial charge in [-0.1, -0.05) is 48.2 Å². The number of nitrogens with one attached hydrogen (secondary N) is 2. The lowest BCUT2D eigenvalue weighted by Crippen LogP contribution is -2.21. The molecule has 1 aromatic heterocycles. The maximum absolute atomic E-state index is 12.4. The van der Waals surface area contributed by atoms with Crippen molar-refractivity contribution in [2.45, 2.75) is 31.1 Å². The van der Waals surface area contributed by atoms with Gasteiger partial charge in [0, 0.05) is 48.0 Å². The summed E-state index contributed by atoms with van der Waals surface area (Å²) in [4.78, 5) is 13.0. The summed E-state index contributed by atoms with van der Waals surface area (Å²) in [6, 6.07) is 18.5. The zero-order valence-electron chi connectivity index (χ0n) is 24.1. The molecule has 0 bridgehead atoms. The predicted octanol–water partition coefficient (Wildman–Crippen LogP) is 6.75. The number of nitrogens with two attached hydrogens (primary N) is 1. The van der Waals surface area contributed by atoms with Crippen LogP contribution in [-0.2, 0) is 0 Å². The van der Waals surface area contributed by atoms with Gasteiger partial charge in [0.2, 0.25) is 0 Å². The largest absolute Gasteiger partial charge is 0.508 e. The minimum Gasteiger partial charge on any atom is -0.508 e. The summed E-state index contributed by atoms with van der Waals surface area (Å²) in [7, 11) is 3.63. The van der Waals surface area contributed by atoms with Crippen LogP contribution in [0, 0.1) is 19.8 Å². The molecule has 5 N–H and O–H groups in total. The number of amides is 1. The highest BCUT2D eigenvalue weighted by Gasteiger charge is 2.21. The molecule has 3 aromatic carbocycles. The first-order valence-electron chi connectivity index (χ1n) is 13.2. The van der Waals surface area contributed by atoms with Gasteiger partial charge in [0.15, 0.2) is 0 Å². The van der Waals surface area contributed by atoms with Crippen LogP contribution in [0.1, 0.15) is 35.2 Å². The molecule has 1 aliphatic rings. The highest BCUT2D eigenvalue weighted by molar-refractivity contribution is 7.99. The number of nitrogens with zero attached hydrogens (tertiary/aromatic N) is 1. The zero-order chi connectivity index (χ0) is 30.4. The predicted molar refractivity (Wildman–Crippen MR) is 178 cm³/mol. The Balaban J connectivity index is 0.000000281. The van der Waals surface area contributed by atoms with E-state index in [0.29, 0.717) is 27.5 Å². The van der Waals surface area contributed by atoms with Crippen molar-refractivity contribution >= 4 is 52.8 Å². The highest BCUT2D eigenvalue weighted by atomic mass is 32.2. The molecule has 0 spiro atoms. The number of benzene rings is 3. The molecule has 1 saturated heterocycles. The van der Waals surface area contributed by atoms with E-state index in [2.05, 4.69) is 36.1 Å². The number of phenols is 1. The van der Waals surface area contributed by atoms with Crippen molar-refractivity contribution < 1.29 is 14.3 Å². The van der Waals surface area contributed by atoms with E-state index in [0.717, 1.165) is 16.6 Å². The van der Waals surface area contributed by atoms with Gasteiger partial charge in [0.25, 0.3) is 5.91 Å². The number of fused-ring (bicyclic) bond motifs is 1. The van der Waals surface area contributed by atoms with Crippen LogP contribution in [0.5, 0.6) is 5.75 Å². The molecule has 0 radical (unpaired) electrons. The van der Waals surface area contributed by atoms with Gasteiger partial charge in [-0.2, -0.15) is 0 Å². The molecular formula is C32H40N4O3S2. The number of aryl methyl sites for hydroxylation is 1. The van der Waals surface area contributed by atoms with Gasteiger partial charge >= 0.3 is 0 Å². The molecule has 4 aromatic rings. The van der Waals surface area contributed by atoms with Crippen LogP contribution < -0.4 is 20.7 Å². The molecule has 218 valence electrons. The molecule has 0 unspecified atom stereocenters. The molecular weight excluding hydrogens is 553 g/mol. The number of furan rings is 1. The van der Waals surface area contributed by atoms with Gasteiger partial charge in [-0.05, 0) is 63.2 Å². The first kappa shape index (κ1) is 33.5. The molecule has 0 aliphatic carbocycles. The molecule has 5 rings (SSSR count). The van der Waals surface area contributed by atoms with Crippen molar-refractivity contribution in [1.82, 2.24) is 10.6 Å². The number of terminal acetylenes is 1. The second-order valence-electron chi connectivity index (χ2n) is 9.17. The molecule has 1 aliphatic heterocycles. The highest BCUT2D eigenvalue weighted by Crippen LogP contribution is 2.36. The summed E-state index contributed by atoms with van der Waals surface area (Å²) in [5.74, 6) is 0.651. The summed E-state index contributed by atoms with van der Waals surface area (Å²) in [5.41, 5.74) is 10.4. The lowest BCUT2D eigenvalue weighted by Gasteiger charge is -2.14. The average molecular weight is 593 g/mol. The molecule has 1 amide bonds. The van der Waals surface area contributed by atoms with E-state index in [-0.39, 0.29) is 11.7 Å². The smallest absolute Gasteiger partial charge is 0.255 e. The molecule has 7 nitrogen and oxygen atoms in total. The first-order valence-corrected chi connectivity index (χ1v) is 14.8. The normalized spacial score (nSPS) is 12.0. The van der Waals surface area contributed by atoms with E-state index in [1.807, 2.05) is 67.0 Å². The van der Waals surface area contributed by atoms with E-state index in [1.165, 1.54) is 50.0 Å². The van der Waals surface area contributed by atoms with Crippen molar-refractivity contribution in [1.29, 1.82) is 0 Å². The Hall–Kier alpha value is -3.71. The van der Waals surface area contributed by atoms with Crippen LogP contribution in [0.25, 0.3) is 22.3 Å². The minimum atomic E-state index is -0.143. The second-order valence-corrected chi connectivity index (χ2v) is 10.6. The molecule has 1 fully saturated rings. The van der Waals surface area contributed by atoms with Crippen molar-refractivity contribution in [3.63, 3.8) is 0 Å². The lowest BCUT2D eigenvalue weighted by atomic mass is 10.0. The number of hydrogen-bond acceptors (Lipinski definition) is 8. The minimum absolute atomic E-state index is 0.143. The van der Waals surface area contributed by atoms with Gasteiger partial charge in [-0.25, -0.2) is 0 Å². The van der Waals surface area contributed by atoms with Gasteiger partial charge in [0.05, 0.1) is 11.3 Å². The van der Waals surface area contributed by atoms with Crippen LogP contribution in [-0.4, -0.2) is 44.5 Å². The number of anilines is 2. The van der Waals surface area contributed by atoms with E-state index in [4.69, 9.17) is 15.3 Å². The van der Waals surface area contributed by atoms with Gasteiger partial charge in [-0.3, -0.25) is 4.79 Å².